The van der Waals surface area contributed by atoms with Gasteiger partial charge in [0.1, 0.15) is 6.17 Å². The van der Waals surface area contributed by atoms with E-state index in [0.717, 1.165) is 18.8 Å². The molecule has 1 aliphatic carbocycles. The van der Waals surface area contributed by atoms with E-state index in [9.17, 15) is 4.79 Å². The number of nitrogens with zero attached hydrogens (tertiary/aromatic N) is 1. The Morgan fingerprint density at radius 2 is 1.89 bits per heavy atom. The van der Waals surface area contributed by atoms with Crippen LogP contribution in [0.3, 0.4) is 0 Å². The third-order valence-electron chi connectivity index (χ3n) is 4.15. The maximum Gasteiger partial charge on any atom is 0.238 e. The van der Waals surface area contributed by atoms with Gasteiger partial charge >= 0.3 is 0 Å². The van der Waals surface area contributed by atoms with Gasteiger partial charge in [-0.25, -0.2) is 0 Å². The van der Waals surface area contributed by atoms with Gasteiger partial charge < -0.3 is 4.90 Å². The molecule has 0 bridgehead atoms. The second-order valence-electron chi connectivity index (χ2n) is 5.73. The summed E-state index contributed by atoms with van der Waals surface area (Å²) in [5, 5.41) is 3.33. The summed E-state index contributed by atoms with van der Waals surface area (Å²) in [4.78, 5) is 14.1. The van der Waals surface area contributed by atoms with Crippen LogP contribution in [0.15, 0.2) is 24.3 Å². The fraction of sp³-hybridized carbons (Fsp3) is 0.533. The molecule has 18 heavy (non-hydrogen) atoms. The third kappa shape index (κ3) is 1.93. The third-order valence-corrected chi connectivity index (χ3v) is 4.15. The largest absolute Gasteiger partial charge is 0.319 e. The second kappa shape index (κ2) is 4.39. The number of benzene rings is 1. The molecule has 3 heteroatoms. The fourth-order valence-corrected chi connectivity index (χ4v) is 3.05. The van der Waals surface area contributed by atoms with Crippen molar-refractivity contribution in [1.29, 1.82) is 0 Å². The number of nitrogens with one attached hydrogen (secondary N) is 1. The summed E-state index contributed by atoms with van der Waals surface area (Å²) < 4.78 is 0. The SMILES string of the molecule is Cc1ccc(C2NCC(=O)N2C2CC(C)C2)cc1. The highest BCUT2D eigenvalue weighted by atomic mass is 16.2. The molecule has 96 valence electrons. The lowest BCUT2D eigenvalue weighted by Gasteiger charge is -2.42. The van der Waals surface area contributed by atoms with Gasteiger partial charge in [0.05, 0.1) is 6.54 Å². The van der Waals surface area contributed by atoms with E-state index in [0.29, 0.717) is 12.6 Å². The smallest absolute Gasteiger partial charge is 0.238 e. The number of hydrogen-bond donors (Lipinski definition) is 1. The topological polar surface area (TPSA) is 32.3 Å². The van der Waals surface area contributed by atoms with Crippen molar-refractivity contribution in [2.45, 2.75) is 38.9 Å². The molecule has 1 heterocycles. The number of carbonyl (C=O) groups excluding carboxylic acids is 1. The Kier molecular flexibility index (Phi) is 2.86. The molecular weight excluding hydrogens is 224 g/mol. The Morgan fingerprint density at radius 3 is 2.50 bits per heavy atom. The van der Waals surface area contributed by atoms with Gasteiger partial charge in [-0.15, -0.1) is 0 Å². The quantitative estimate of drug-likeness (QED) is 0.865. The lowest BCUT2D eigenvalue weighted by atomic mass is 9.80. The van der Waals surface area contributed by atoms with E-state index in [1.807, 2.05) is 0 Å². The molecule has 0 spiro atoms. The molecule has 3 rings (SSSR count). The van der Waals surface area contributed by atoms with Crippen LogP contribution in [0.4, 0.5) is 0 Å². The summed E-state index contributed by atoms with van der Waals surface area (Å²) in [7, 11) is 0. The van der Waals surface area contributed by atoms with E-state index in [-0.39, 0.29) is 12.1 Å². The zero-order valence-electron chi connectivity index (χ0n) is 11.0. The van der Waals surface area contributed by atoms with E-state index >= 15 is 0 Å². The predicted octanol–water partition coefficient (Wildman–Crippen LogP) is 2.22. The molecule has 1 N–H and O–H groups in total. The van der Waals surface area contributed by atoms with Gasteiger partial charge in [-0.1, -0.05) is 36.8 Å². The molecule has 1 aromatic carbocycles. The first kappa shape index (κ1) is 11.7. The van der Waals surface area contributed by atoms with E-state index in [1.165, 1.54) is 11.1 Å². The molecule has 1 saturated heterocycles. The number of amides is 1. The standard InChI is InChI=1S/C15H20N2O/c1-10-3-5-12(6-4-10)15-16-9-14(18)17(15)13-7-11(2)8-13/h3-6,11,13,15-16H,7-9H2,1-2H3. The summed E-state index contributed by atoms with van der Waals surface area (Å²) in [6, 6.07) is 8.92. The van der Waals surface area contributed by atoms with Gasteiger partial charge in [0.25, 0.3) is 0 Å². The van der Waals surface area contributed by atoms with Crippen LogP contribution in [-0.4, -0.2) is 23.4 Å². The number of hydrogen-bond acceptors (Lipinski definition) is 2. The monoisotopic (exact) mass is 244 g/mol. The summed E-state index contributed by atoms with van der Waals surface area (Å²) >= 11 is 0. The highest BCUT2D eigenvalue weighted by Gasteiger charge is 2.41. The Hall–Kier alpha value is -1.35. The zero-order valence-corrected chi connectivity index (χ0v) is 11.0. The Balaban J connectivity index is 1.82. The molecule has 1 atom stereocenters. The summed E-state index contributed by atoms with van der Waals surface area (Å²) in [6.45, 7) is 4.82. The second-order valence-corrected chi connectivity index (χ2v) is 5.73. The van der Waals surface area contributed by atoms with E-state index < -0.39 is 0 Å². The Morgan fingerprint density at radius 1 is 1.22 bits per heavy atom. The molecule has 2 fully saturated rings. The van der Waals surface area contributed by atoms with Crippen molar-refractivity contribution in [1.82, 2.24) is 10.2 Å². The summed E-state index contributed by atoms with van der Waals surface area (Å²) in [5.74, 6) is 1.01. The first-order valence-corrected chi connectivity index (χ1v) is 6.76. The highest BCUT2D eigenvalue weighted by molar-refractivity contribution is 5.81. The van der Waals surface area contributed by atoms with Gasteiger partial charge in [-0.3, -0.25) is 10.1 Å². The van der Waals surface area contributed by atoms with Crippen LogP contribution in [0, 0.1) is 12.8 Å². The fourth-order valence-electron chi connectivity index (χ4n) is 3.05. The lowest BCUT2D eigenvalue weighted by molar-refractivity contribution is -0.133. The van der Waals surface area contributed by atoms with Gasteiger partial charge in [0, 0.05) is 6.04 Å². The maximum absolute atomic E-state index is 12.0. The van der Waals surface area contributed by atoms with E-state index in [4.69, 9.17) is 0 Å². The molecule has 1 unspecified atom stereocenters. The molecular formula is C15H20N2O. The van der Waals surface area contributed by atoms with Crippen LogP contribution in [0.2, 0.25) is 0 Å². The van der Waals surface area contributed by atoms with Crippen LogP contribution in [0.5, 0.6) is 0 Å². The molecule has 0 radical (unpaired) electrons. The predicted molar refractivity (Wildman–Crippen MR) is 71.0 cm³/mol. The molecule has 1 aliphatic heterocycles. The zero-order chi connectivity index (χ0) is 12.7. The van der Waals surface area contributed by atoms with Crippen molar-refractivity contribution in [3.63, 3.8) is 0 Å². The van der Waals surface area contributed by atoms with Crippen molar-refractivity contribution in [2.24, 2.45) is 5.92 Å². The lowest BCUT2D eigenvalue weighted by Crippen LogP contribution is -2.46. The normalized spacial score (nSPS) is 31.6. The molecule has 3 nitrogen and oxygen atoms in total. The number of rotatable bonds is 2. The molecule has 1 aromatic rings. The number of aryl methyl sites for hydroxylation is 1. The average molecular weight is 244 g/mol. The first-order chi connectivity index (χ1) is 8.65. The van der Waals surface area contributed by atoms with Crippen molar-refractivity contribution in [3.05, 3.63) is 35.4 Å². The maximum atomic E-state index is 12.0. The molecule has 1 amide bonds. The molecule has 2 aliphatic rings. The van der Waals surface area contributed by atoms with Crippen LogP contribution < -0.4 is 5.32 Å². The van der Waals surface area contributed by atoms with Gasteiger partial charge in [-0.05, 0) is 31.2 Å². The van der Waals surface area contributed by atoms with Crippen molar-refractivity contribution in [2.75, 3.05) is 6.54 Å². The Bertz CT molecular complexity index is 448. The first-order valence-electron chi connectivity index (χ1n) is 6.76. The minimum Gasteiger partial charge on any atom is -0.319 e. The van der Waals surface area contributed by atoms with Crippen LogP contribution >= 0.6 is 0 Å². The molecule has 0 aromatic heterocycles. The highest BCUT2D eigenvalue weighted by Crippen LogP contribution is 2.37. The molecule has 1 saturated carbocycles. The van der Waals surface area contributed by atoms with E-state index in [1.54, 1.807) is 0 Å². The van der Waals surface area contributed by atoms with E-state index in [2.05, 4.69) is 48.3 Å². The van der Waals surface area contributed by atoms with Gasteiger partial charge in [0.15, 0.2) is 0 Å². The van der Waals surface area contributed by atoms with Crippen LogP contribution in [-0.2, 0) is 4.79 Å². The van der Waals surface area contributed by atoms with Gasteiger partial charge in [0.2, 0.25) is 5.91 Å². The van der Waals surface area contributed by atoms with Crippen molar-refractivity contribution < 1.29 is 4.79 Å². The van der Waals surface area contributed by atoms with Crippen molar-refractivity contribution in [3.8, 4) is 0 Å². The Labute approximate surface area is 108 Å². The average Bonchev–Trinajstić information content (AvgIpc) is 2.68. The van der Waals surface area contributed by atoms with Gasteiger partial charge in [-0.2, -0.15) is 0 Å². The number of carbonyl (C=O) groups is 1. The van der Waals surface area contributed by atoms with Crippen LogP contribution in [0.1, 0.15) is 37.1 Å². The van der Waals surface area contributed by atoms with Crippen LogP contribution in [0.25, 0.3) is 0 Å². The minimum atomic E-state index is 0.0793. The minimum absolute atomic E-state index is 0.0793. The van der Waals surface area contributed by atoms with Crippen molar-refractivity contribution >= 4 is 5.91 Å². The summed E-state index contributed by atoms with van der Waals surface area (Å²) in [6.07, 6.45) is 2.38. The summed E-state index contributed by atoms with van der Waals surface area (Å²) in [5.41, 5.74) is 2.46.